The molecule has 188 valence electrons. The van der Waals surface area contributed by atoms with Gasteiger partial charge in [0.1, 0.15) is 5.60 Å². The average molecular weight is 492 g/mol. The molecule has 0 unspecified atom stereocenters. The van der Waals surface area contributed by atoms with Gasteiger partial charge in [-0.3, -0.25) is 9.30 Å². The number of carbonyl (C=O) groups excluding carboxylic acids is 1. The Balaban J connectivity index is 2.17. The third kappa shape index (κ3) is 6.12. The molecule has 7 nitrogen and oxygen atoms in total. The van der Waals surface area contributed by atoms with E-state index in [1.165, 1.54) is 6.07 Å². The van der Waals surface area contributed by atoms with E-state index in [4.69, 9.17) is 4.74 Å². The van der Waals surface area contributed by atoms with E-state index in [1.807, 2.05) is 6.92 Å². The third-order valence-corrected chi connectivity index (χ3v) is 5.33. The topological polar surface area (TPSA) is 84.1 Å². The molecule has 3 rings (SSSR count). The summed E-state index contributed by atoms with van der Waals surface area (Å²) in [6.45, 7) is 7.86. The molecule has 0 bridgehead atoms. The van der Waals surface area contributed by atoms with Crippen molar-refractivity contribution in [1.82, 2.24) is 9.38 Å². The molecule has 3 aromatic rings. The molecule has 1 N–H and O–H groups in total. The van der Waals surface area contributed by atoms with Gasteiger partial charge in [0, 0.05) is 18.3 Å². The lowest BCUT2D eigenvalue weighted by atomic mass is 10.0. The van der Waals surface area contributed by atoms with E-state index < -0.39 is 36.8 Å². The number of nitrogens with zero attached hydrogens (tertiary/aromatic N) is 3. The number of hydrogen-bond acceptors (Lipinski definition) is 4. The van der Waals surface area contributed by atoms with Gasteiger partial charge in [-0.2, -0.15) is 13.2 Å². The monoisotopic (exact) mass is 491 g/mol. The molecular weight excluding hydrogens is 463 g/mol. The molecule has 2 heterocycles. The lowest BCUT2D eigenvalue weighted by Gasteiger charge is -2.28. The molecule has 1 amide bonds. The van der Waals surface area contributed by atoms with Gasteiger partial charge in [0.25, 0.3) is 0 Å². The van der Waals surface area contributed by atoms with Crippen LogP contribution >= 0.6 is 0 Å². The van der Waals surface area contributed by atoms with Crippen LogP contribution in [0.5, 0.6) is 0 Å². The number of anilines is 1. The van der Waals surface area contributed by atoms with Gasteiger partial charge in [-0.25, -0.2) is 14.6 Å². The second-order valence-corrected chi connectivity index (χ2v) is 9.26. The van der Waals surface area contributed by atoms with Crippen LogP contribution in [0.15, 0.2) is 36.7 Å². The minimum Gasteiger partial charge on any atom is -0.478 e. The Kier molecular flexibility index (Phi) is 7.14. The standard InChI is InChI=1S/C25H28F3N3O4/c1-6-16-12-19(30(10-9-25(26,27)28)23(34)35-24(3,4)5)21-29-13-20(31(21)14-16)17-7-8-18(22(32)33)15(2)11-17/h7-8,11-14H,6,9-10H2,1-5H3,(H,32,33). The van der Waals surface area contributed by atoms with Crippen LogP contribution in [-0.2, 0) is 11.2 Å². The first-order chi connectivity index (χ1) is 16.2. The zero-order chi connectivity index (χ0) is 26.1. The first-order valence-electron chi connectivity index (χ1n) is 11.1. The van der Waals surface area contributed by atoms with Gasteiger partial charge in [-0.15, -0.1) is 0 Å². The maximum absolute atomic E-state index is 13.1. The summed E-state index contributed by atoms with van der Waals surface area (Å²) in [5, 5.41) is 9.32. The number of halogens is 3. The highest BCUT2D eigenvalue weighted by atomic mass is 19.4. The number of aromatic carboxylic acids is 1. The highest BCUT2D eigenvalue weighted by Crippen LogP contribution is 2.32. The highest BCUT2D eigenvalue weighted by molar-refractivity contribution is 5.93. The fourth-order valence-corrected chi connectivity index (χ4v) is 3.66. The van der Waals surface area contributed by atoms with Gasteiger partial charge in [0.2, 0.25) is 0 Å². The zero-order valence-electron chi connectivity index (χ0n) is 20.2. The van der Waals surface area contributed by atoms with E-state index in [0.717, 1.165) is 10.5 Å². The van der Waals surface area contributed by atoms with Crippen LogP contribution in [0.25, 0.3) is 16.9 Å². The van der Waals surface area contributed by atoms with Crippen molar-refractivity contribution in [1.29, 1.82) is 0 Å². The van der Waals surface area contributed by atoms with Crippen molar-refractivity contribution in [3.8, 4) is 11.3 Å². The zero-order valence-corrected chi connectivity index (χ0v) is 20.2. The van der Waals surface area contributed by atoms with Crippen molar-refractivity contribution in [3.05, 3.63) is 53.3 Å². The third-order valence-electron chi connectivity index (χ3n) is 5.33. The molecule has 0 spiro atoms. The Morgan fingerprint density at radius 2 is 1.86 bits per heavy atom. The number of imidazole rings is 1. The summed E-state index contributed by atoms with van der Waals surface area (Å²) in [6, 6.07) is 6.49. The summed E-state index contributed by atoms with van der Waals surface area (Å²) in [5.74, 6) is -1.04. The fraction of sp³-hybridized carbons (Fsp3) is 0.400. The Hall–Kier alpha value is -3.56. The van der Waals surface area contributed by atoms with Gasteiger partial charge < -0.3 is 9.84 Å². The molecule has 1 aromatic carbocycles. The number of carboxylic acids is 1. The minimum atomic E-state index is -4.47. The number of aromatic nitrogens is 2. The van der Waals surface area contributed by atoms with Crippen molar-refractivity contribution in [2.45, 2.75) is 59.2 Å². The summed E-state index contributed by atoms with van der Waals surface area (Å²) in [6.07, 6.45) is -2.67. The van der Waals surface area contributed by atoms with Crippen molar-refractivity contribution in [2.24, 2.45) is 0 Å². The number of rotatable bonds is 6. The van der Waals surface area contributed by atoms with Crippen LogP contribution in [0.2, 0.25) is 0 Å². The normalized spacial score (nSPS) is 12.1. The van der Waals surface area contributed by atoms with Crippen LogP contribution in [0.3, 0.4) is 0 Å². The lowest BCUT2D eigenvalue weighted by Crippen LogP contribution is -2.39. The summed E-state index contributed by atoms with van der Waals surface area (Å²) in [5.41, 5.74) is 2.35. The molecule has 0 radical (unpaired) electrons. The van der Waals surface area contributed by atoms with Crippen LogP contribution in [0.1, 0.15) is 55.6 Å². The van der Waals surface area contributed by atoms with E-state index in [-0.39, 0.29) is 16.9 Å². The first kappa shape index (κ1) is 26.1. The lowest BCUT2D eigenvalue weighted by molar-refractivity contribution is -0.132. The molecule has 0 aliphatic rings. The van der Waals surface area contributed by atoms with Crippen LogP contribution < -0.4 is 4.90 Å². The van der Waals surface area contributed by atoms with Gasteiger partial charge in [0.05, 0.1) is 29.6 Å². The predicted molar refractivity (Wildman–Crippen MR) is 126 cm³/mol. The van der Waals surface area contributed by atoms with Crippen molar-refractivity contribution >= 4 is 23.4 Å². The van der Waals surface area contributed by atoms with E-state index in [9.17, 15) is 27.9 Å². The summed E-state index contributed by atoms with van der Waals surface area (Å²) in [4.78, 5) is 29.8. The van der Waals surface area contributed by atoms with Crippen molar-refractivity contribution in [3.63, 3.8) is 0 Å². The largest absolute Gasteiger partial charge is 0.478 e. The van der Waals surface area contributed by atoms with Crippen LogP contribution in [0.4, 0.5) is 23.7 Å². The van der Waals surface area contributed by atoms with Crippen LogP contribution in [-0.4, -0.2) is 44.9 Å². The number of pyridine rings is 1. The molecule has 35 heavy (non-hydrogen) atoms. The first-order valence-corrected chi connectivity index (χ1v) is 11.1. The number of carbonyl (C=O) groups is 2. The van der Waals surface area contributed by atoms with Crippen LogP contribution in [0, 0.1) is 6.92 Å². The van der Waals surface area contributed by atoms with Crippen molar-refractivity contribution < 1.29 is 32.6 Å². The summed E-state index contributed by atoms with van der Waals surface area (Å²) in [7, 11) is 0. The second kappa shape index (κ2) is 9.59. The van der Waals surface area contributed by atoms with Gasteiger partial charge in [-0.1, -0.05) is 13.0 Å². The minimum absolute atomic E-state index is 0.167. The number of carboxylic acid groups (broad SMARTS) is 1. The molecule has 0 saturated carbocycles. The molecule has 2 aromatic heterocycles. The van der Waals surface area contributed by atoms with E-state index in [1.54, 1.807) is 62.7 Å². The fourth-order valence-electron chi connectivity index (χ4n) is 3.66. The number of ether oxygens (including phenoxy) is 1. The molecule has 10 heteroatoms. The Bertz CT molecular complexity index is 1260. The second-order valence-electron chi connectivity index (χ2n) is 9.26. The quantitative estimate of drug-likeness (QED) is 0.440. The molecule has 0 atom stereocenters. The van der Waals surface area contributed by atoms with Gasteiger partial charge in [0.15, 0.2) is 5.65 Å². The van der Waals surface area contributed by atoms with Crippen molar-refractivity contribution in [2.75, 3.05) is 11.4 Å². The molecule has 0 aliphatic heterocycles. The number of benzene rings is 1. The summed E-state index contributed by atoms with van der Waals surface area (Å²) < 4.78 is 46.4. The predicted octanol–water partition coefficient (Wildman–Crippen LogP) is 6.26. The Morgan fingerprint density at radius 3 is 2.40 bits per heavy atom. The molecular formula is C25H28F3N3O4. The van der Waals surface area contributed by atoms with E-state index in [0.29, 0.717) is 23.2 Å². The smallest absolute Gasteiger partial charge is 0.414 e. The molecule has 0 fully saturated rings. The Labute approximate surface area is 201 Å². The maximum atomic E-state index is 13.1. The average Bonchev–Trinajstić information content (AvgIpc) is 3.15. The number of aryl methyl sites for hydroxylation is 2. The number of alkyl halides is 3. The summed E-state index contributed by atoms with van der Waals surface area (Å²) >= 11 is 0. The van der Waals surface area contributed by atoms with E-state index in [2.05, 4.69) is 4.98 Å². The van der Waals surface area contributed by atoms with Gasteiger partial charge >= 0.3 is 18.2 Å². The van der Waals surface area contributed by atoms with E-state index >= 15 is 0 Å². The Morgan fingerprint density at radius 1 is 1.17 bits per heavy atom. The SMILES string of the molecule is CCc1cc(N(CCC(F)(F)F)C(=O)OC(C)(C)C)c2ncc(-c3ccc(C(=O)O)c(C)c3)n2c1. The number of hydrogen-bond donors (Lipinski definition) is 1. The maximum Gasteiger partial charge on any atom is 0.414 e. The molecule has 0 saturated heterocycles. The molecule has 0 aliphatic carbocycles. The van der Waals surface area contributed by atoms with Gasteiger partial charge in [-0.05, 0) is 63.4 Å². The number of fused-ring (bicyclic) bond motifs is 1. The highest BCUT2D eigenvalue weighted by Gasteiger charge is 2.32. The number of amides is 1.